The SMILES string of the molecule is CN1CCCC1COc1nc2c(F)c(-c3cccc4sc(N)nc34)c(Cl)cc2c(N2CCNCC2)c1C#N. The minimum Gasteiger partial charge on any atom is -0.475 e. The number of nitrogens with one attached hydrogen (secondary N) is 1. The van der Waals surface area contributed by atoms with Gasteiger partial charge in [0.1, 0.15) is 23.8 Å². The molecular formula is C27H27ClFN7OS. The van der Waals surface area contributed by atoms with E-state index in [0.29, 0.717) is 52.5 Å². The van der Waals surface area contributed by atoms with Crippen LogP contribution in [0.25, 0.3) is 32.2 Å². The van der Waals surface area contributed by atoms with Gasteiger partial charge in [0.25, 0.3) is 0 Å². The number of nitriles is 1. The molecule has 196 valence electrons. The number of nitrogen functional groups attached to an aromatic ring is 1. The van der Waals surface area contributed by atoms with Gasteiger partial charge in [-0.05, 0) is 38.6 Å². The fourth-order valence-electron chi connectivity index (χ4n) is 5.49. The summed E-state index contributed by atoms with van der Waals surface area (Å²) in [5.74, 6) is -0.424. The number of anilines is 2. The maximum Gasteiger partial charge on any atom is 0.234 e. The summed E-state index contributed by atoms with van der Waals surface area (Å²) in [5, 5.41) is 14.7. The summed E-state index contributed by atoms with van der Waals surface area (Å²) in [6.07, 6.45) is 2.10. The van der Waals surface area contributed by atoms with Gasteiger partial charge in [0, 0.05) is 48.7 Å². The normalized spacial score (nSPS) is 18.4. The summed E-state index contributed by atoms with van der Waals surface area (Å²) in [5.41, 5.74) is 8.33. The molecule has 2 aromatic carbocycles. The largest absolute Gasteiger partial charge is 0.475 e. The van der Waals surface area contributed by atoms with Crippen molar-refractivity contribution >= 4 is 54.9 Å². The van der Waals surface area contributed by atoms with Crippen molar-refractivity contribution in [2.45, 2.75) is 18.9 Å². The molecule has 0 aliphatic carbocycles. The number of hydrogen-bond acceptors (Lipinski definition) is 9. The summed E-state index contributed by atoms with van der Waals surface area (Å²) in [4.78, 5) is 13.4. The lowest BCUT2D eigenvalue weighted by molar-refractivity contribution is 0.193. The minimum absolute atomic E-state index is 0.118. The standard InChI is InChI=1S/C27H27ClFN7OS/c1-35-9-3-4-15(35)14-37-26-18(13-30)25(36-10-7-32-8-11-36)17-12-19(28)21(22(29)24(17)33-26)16-5-2-6-20-23(16)34-27(31)38-20/h2,5-6,12,15,32H,3-4,7-11,14H2,1H3,(H2,31,34). The number of hydrogen-bond donors (Lipinski definition) is 2. The summed E-state index contributed by atoms with van der Waals surface area (Å²) < 4.78 is 23.6. The smallest absolute Gasteiger partial charge is 0.234 e. The number of likely N-dealkylation sites (tertiary alicyclic amines) is 1. The Balaban J connectivity index is 1.57. The molecule has 0 bridgehead atoms. The predicted molar refractivity (Wildman–Crippen MR) is 151 cm³/mol. The quantitative estimate of drug-likeness (QED) is 0.370. The number of rotatable bonds is 5. The number of ether oxygens (including phenoxy) is 1. The van der Waals surface area contributed by atoms with E-state index in [0.717, 1.165) is 37.2 Å². The Labute approximate surface area is 228 Å². The van der Waals surface area contributed by atoms with Crippen LogP contribution in [0.1, 0.15) is 18.4 Å². The predicted octanol–water partition coefficient (Wildman–Crippen LogP) is 4.64. The Morgan fingerprint density at radius 2 is 2.08 bits per heavy atom. The van der Waals surface area contributed by atoms with E-state index in [9.17, 15) is 5.26 Å². The average molecular weight is 552 g/mol. The third-order valence-corrected chi connectivity index (χ3v) is 8.59. The van der Waals surface area contributed by atoms with E-state index in [4.69, 9.17) is 22.1 Å². The zero-order valence-corrected chi connectivity index (χ0v) is 22.5. The van der Waals surface area contributed by atoms with Crippen LogP contribution >= 0.6 is 22.9 Å². The molecule has 3 N–H and O–H groups in total. The lowest BCUT2D eigenvalue weighted by Gasteiger charge is -2.32. The first-order valence-corrected chi connectivity index (χ1v) is 13.9. The lowest BCUT2D eigenvalue weighted by Crippen LogP contribution is -2.44. The lowest BCUT2D eigenvalue weighted by atomic mass is 9.99. The van der Waals surface area contributed by atoms with Gasteiger partial charge in [-0.3, -0.25) is 0 Å². The van der Waals surface area contributed by atoms with Crippen molar-refractivity contribution in [1.29, 1.82) is 5.26 Å². The summed E-state index contributed by atoms with van der Waals surface area (Å²) >= 11 is 8.12. The van der Waals surface area contributed by atoms with Gasteiger partial charge < -0.3 is 25.6 Å². The fourth-order valence-corrected chi connectivity index (χ4v) is 6.55. The van der Waals surface area contributed by atoms with Gasteiger partial charge in [0.15, 0.2) is 10.9 Å². The summed E-state index contributed by atoms with van der Waals surface area (Å²) in [6.45, 7) is 4.20. The number of piperazine rings is 1. The molecule has 1 atom stereocenters. The topological polar surface area (TPSA) is 103 Å². The number of fused-ring (bicyclic) bond motifs is 2. The number of thiazole rings is 1. The highest BCUT2D eigenvalue weighted by molar-refractivity contribution is 7.22. The maximum atomic E-state index is 16.5. The number of aromatic nitrogens is 2. The van der Waals surface area contributed by atoms with E-state index in [1.54, 1.807) is 12.1 Å². The third kappa shape index (κ3) is 4.29. The van der Waals surface area contributed by atoms with Crippen LogP contribution in [0.4, 0.5) is 15.2 Å². The highest BCUT2D eigenvalue weighted by atomic mass is 35.5. The molecule has 1 unspecified atom stereocenters. The van der Waals surface area contributed by atoms with Gasteiger partial charge in [0.2, 0.25) is 5.88 Å². The molecule has 8 nitrogen and oxygen atoms in total. The first-order chi connectivity index (χ1) is 18.5. The number of likely N-dealkylation sites (N-methyl/N-ethyl adjacent to an activating group) is 1. The highest BCUT2D eigenvalue weighted by Crippen LogP contribution is 2.44. The molecule has 2 saturated heterocycles. The van der Waals surface area contributed by atoms with E-state index in [1.807, 2.05) is 12.1 Å². The number of halogens is 2. The Morgan fingerprint density at radius 3 is 2.82 bits per heavy atom. The van der Waals surface area contributed by atoms with Crippen molar-refractivity contribution < 1.29 is 9.13 Å². The van der Waals surface area contributed by atoms with Crippen molar-refractivity contribution in [2.24, 2.45) is 0 Å². The van der Waals surface area contributed by atoms with Crippen molar-refractivity contribution in [2.75, 3.05) is 57.0 Å². The van der Waals surface area contributed by atoms with E-state index in [2.05, 4.69) is 38.2 Å². The summed E-state index contributed by atoms with van der Waals surface area (Å²) in [6, 6.07) is 9.75. The van der Waals surface area contributed by atoms with Gasteiger partial charge in [-0.15, -0.1) is 0 Å². The van der Waals surface area contributed by atoms with Crippen LogP contribution in [-0.4, -0.2) is 67.3 Å². The monoisotopic (exact) mass is 551 g/mol. The fraction of sp³-hybridized carbons (Fsp3) is 0.370. The second-order valence-electron chi connectivity index (χ2n) is 9.73. The van der Waals surface area contributed by atoms with E-state index >= 15 is 4.39 Å². The van der Waals surface area contributed by atoms with Crippen LogP contribution in [0.3, 0.4) is 0 Å². The number of pyridine rings is 1. The van der Waals surface area contributed by atoms with E-state index < -0.39 is 5.82 Å². The molecule has 4 aromatic rings. The van der Waals surface area contributed by atoms with Crippen molar-refractivity contribution in [1.82, 2.24) is 20.2 Å². The van der Waals surface area contributed by atoms with Crippen LogP contribution in [0.15, 0.2) is 24.3 Å². The number of benzene rings is 2. The number of nitrogens with two attached hydrogens (primary N) is 1. The Bertz CT molecular complexity index is 1580. The minimum atomic E-state index is -0.574. The molecule has 2 fully saturated rings. The molecule has 11 heteroatoms. The highest BCUT2D eigenvalue weighted by Gasteiger charge is 2.29. The maximum absolute atomic E-state index is 16.5. The van der Waals surface area contributed by atoms with Crippen LogP contribution in [-0.2, 0) is 0 Å². The van der Waals surface area contributed by atoms with E-state index in [-0.39, 0.29) is 28.0 Å². The first-order valence-electron chi connectivity index (χ1n) is 12.7. The molecule has 2 aromatic heterocycles. The molecular weight excluding hydrogens is 525 g/mol. The average Bonchev–Trinajstić information content (AvgIpc) is 3.51. The van der Waals surface area contributed by atoms with Gasteiger partial charge in [-0.2, -0.15) is 5.26 Å². The molecule has 2 aliphatic heterocycles. The Kier molecular flexibility index (Phi) is 6.70. The van der Waals surface area contributed by atoms with Gasteiger partial charge in [0.05, 0.1) is 20.9 Å². The molecule has 0 amide bonds. The number of para-hydroxylation sites is 1. The third-order valence-electron chi connectivity index (χ3n) is 7.45. The first kappa shape index (κ1) is 25.1. The zero-order valence-electron chi connectivity index (χ0n) is 20.9. The Hall–Kier alpha value is -3.23. The van der Waals surface area contributed by atoms with Gasteiger partial charge in [-0.25, -0.2) is 14.4 Å². The van der Waals surface area contributed by atoms with Gasteiger partial charge >= 0.3 is 0 Å². The zero-order chi connectivity index (χ0) is 26.4. The molecule has 0 spiro atoms. The molecule has 4 heterocycles. The van der Waals surface area contributed by atoms with Crippen molar-refractivity contribution in [3.8, 4) is 23.1 Å². The van der Waals surface area contributed by atoms with Crippen molar-refractivity contribution in [3.63, 3.8) is 0 Å². The van der Waals surface area contributed by atoms with E-state index in [1.165, 1.54) is 11.3 Å². The Morgan fingerprint density at radius 1 is 1.26 bits per heavy atom. The van der Waals surface area contributed by atoms with Crippen LogP contribution in [0, 0.1) is 17.1 Å². The van der Waals surface area contributed by atoms with Crippen LogP contribution < -0.4 is 20.7 Å². The van der Waals surface area contributed by atoms with Crippen LogP contribution in [0.5, 0.6) is 5.88 Å². The molecule has 0 radical (unpaired) electrons. The molecule has 38 heavy (non-hydrogen) atoms. The second kappa shape index (κ2) is 10.2. The van der Waals surface area contributed by atoms with Crippen LogP contribution in [0.2, 0.25) is 5.02 Å². The molecule has 2 aliphatic rings. The number of nitrogens with zero attached hydrogens (tertiary/aromatic N) is 5. The molecule has 6 rings (SSSR count). The van der Waals surface area contributed by atoms with Gasteiger partial charge in [-0.1, -0.05) is 35.1 Å². The van der Waals surface area contributed by atoms with Crippen molar-refractivity contribution in [3.05, 3.63) is 40.7 Å². The second-order valence-corrected chi connectivity index (χ2v) is 11.2. The molecule has 0 saturated carbocycles. The summed E-state index contributed by atoms with van der Waals surface area (Å²) in [7, 11) is 2.06.